The number of amides is 1. The zero-order valence-electron chi connectivity index (χ0n) is 21.6. The van der Waals surface area contributed by atoms with Gasteiger partial charge in [-0.05, 0) is 43.7 Å². The van der Waals surface area contributed by atoms with Crippen molar-refractivity contribution in [3.63, 3.8) is 0 Å². The van der Waals surface area contributed by atoms with Crippen LogP contribution in [0.1, 0.15) is 77.6 Å². The Kier molecular flexibility index (Phi) is 7.29. The topological polar surface area (TPSA) is 88.3 Å². The van der Waals surface area contributed by atoms with Gasteiger partial charge in [-0.3, -0.25) is 14.6 Å². The molecule has 1 spiro atoms. The summed E-state index contributed by atoms with van der Waals surface area (Å²) in [5.41, 5.74) is -0.131. The van der Waals surface area contributed by atoms with E-state index in [1.165, 1.54) is 38.3 Å². The molecule has 1 unspecified atom stereocenters. The second kappa shape index (κ2) is 10.4. The van der Waals surface area contributed by atoms with Crippen LogP contribution in [0.5, 0.6) is 0 Å². The molecule has 0 bridgehead atoms. The van der Waals surface area contributed by atoms with Gasteiger partial charge in [0, 0.05) is 48.6 Å². The molecule has 3 aliphatic rings. The van der Waals surface area contributed by atoms with Gasteiger partial charge in [-0.15, -0.1) is 0 Å². The lowest BCUT2D eigenvalue weighted by Gasteiger charge is -2.52. The number of aromatic nitrogens is 3. The molecule has 2 saturated carbocycles. The van der Waals surface area contributed by atoms with Crippen LogP contribution in [-0.2, 0) is 11.3 Å². The Labute approximate surface area is 214 Å². The summed E-state index contributed by atoms with van der Waals surface area (Å²) >= 11 is 0. The van der Waals surface area contributed by atoms with Crippen molar-refractivity contribution in [2.75, 3.05) is 13.1 Å². The third-order valence-corrected chi connectivity index (χ3v) is 9.25. The van der Waals surface area contributed by atoms with Crippen LogP contribution in [0.4, 0.5) is 0 Å². The zero-order valence-corrected chi connectivity index (χ0v) is 21.6. The van der Waals surface area contributed by atoms with Gasteiger partial charge in [0.2, 0.25) is 5.91 Å². The summed E-state index contributed by atoms with van der Waals surface area (Å²) in [6.45, 7) is 3.45. The van der Waals surface area contributed by atoms with Gasteiger partial charge in [-0.2, -0.15) is 0 Å². The summed E-state index contributed by atoms with van der Waals surface area (Å²) in [6, 6.07) is 3.76. The number of aliphatic hydroxyl groups is 1. The number of carbonyl (C=O) groups is 1. The molecule has 0 radical (unpaired) electrons. The van der Waals surface area contributed by atoms with E-state index >= 15 is 0 Å². The maximum absolute atomic E-state index is 13.5. The number of piperidine rings is 1. The summed E-state index contributed by atoms with van der Waals surface area (Å²) in [5.74, 6) is 0.948. The van der Waals surface area contributed by atoms with Crippen molar-refractivity contribution in [2.24, 2.45) is 17.3 Å². The number of hydrogen-bond donors (Lipinski definition) is 1. The molecule has 5 rings (SSSR count). The minimum atomic E-state index is -1.04. The Morgan fingerprint density at radius 1 is 1.14 bits per heavy atom. The van der Waals surface area contributed by atoms with Crippen LogP contribution in [0.2, 0.25) is 0 Å². The highest BCUT2D eigenvalue weighted by atomic mass is 16.3. The van der Waals surface area contributed by atoms with E-state index in [-0.39, 0.29) is 29.3 Å². The van der Waals surface area contributed by atoms with Crippen molar-refractivity contribution in [2.45, 2.75) is 89.7 Å². The number of hydrogen-bond acceptors (Lipinski definition) is 5. The highest BCUT2D eigenvalue weighted by Gasteiger charge is 2.55. The van der Waals surface area contributed by atoms with Crippen molar-refractivity contribution in [1.82, 2.24) is 19.4 Å². The molecule has 36 heavy (non-hydrogen) atoms. The molecule has 3 heterocycles. The van der Waals surface area contributed by atoms with Crippen molar-refractivity contribution in [3.8, 4) is 11.3 Å². The predicted octanol–water partition coefficient (Wildman–Crippen LogP) is 4.44. The van der Waals surface area contributed by atoms with Crippen LogP contribution in [0, 0.1) is 17.3 Å². The third-order valence-electron chi connectivity index (χ3n) is 9.25. The first kappa shape index (κ1) is 25.1. The van der Waals surface area contributed by atoms with E-state index in [1.54, 1.807) is 23.2 Å². The Morgan fingerprint density at radius 2 is 1.92 bits per heavy atom. The Hall–Kier alpha value is -2.54. The normalized spacial score (nSPS) is 25.2. The highest BCUT2D eigenvalue weighted by Crippen LogP contribution is 2.52. The third kappa shape index (κ3) is 4.99. The first-order chi connectivity index (χ1) is 17.4. The minimum absolute atomic E-state index is 0.0302. The Balaban J connectivity index is 1.34. The average molecular weight is 493 g/mol. The monoisotopic (exact) mass is 492 g/mol. The lowest BCUT2D eigenvalue weighted by atomic mass is 9.65. The molecule has 2 aromatic rings. The molecule has 1 amide bonds. The lowest BCUT2D eigenvalue weighted by Crippen LogP contribution is -2.62. The second-order valence-corrected chi connectivity index (χ2v) is 11.6. The molecule has 1 aliphatic heterocycles. The molecule has 1 saturated heterocycles. The largest absolute Gasteiger partial charge is 0.387 e. The molecule has 2 aliphatic carbocycles. The van der Waals surface area contributed by atoms with E-state index in [9.17, 15) is 14.7 Å². The molecule has 7 heteroatoms. The molecular formula is C29H40N4O3. The van der Waals surface area contributed by atoms with Crippen LogP contribution >= 0.6 is 0 Å². The van der Waals surface area contributed by atoms with Gasteiger partial charge < -0.3 is 14.6 Å². The smallest absolute Gasteiger partial charge is 0.269 e. The van der Waals surface area contributed by atoms with Gasteiger partial charge in [-0.25, -0.2) is 4.98 Å². The fraction of sp³-hybridized carbons (Fsp3) is 0.655. The molecule has 2 aromatic heterocycles. The van der Waals surface area contributed by atoms with Crippen LogP contribution in [0.15, 0.2) is 41.7 Å². The average Bonchev–Trinajstić information content (AvgIpc) is 3.38. The molecular weight excluding hydrogens is 452 g/mol. The fourth-order valence-corrected chi connectivity index (χ4v) is 7.13. The van der Waals surface area contributed by atoms with Gasteiger partial charge in [0.1, 0.15) is 0 Å². The lowest BCUT2D eigenvalue weighted by molar-refractivity contribution is -0.163. The van der Waals surface area contributed by atoms with E-state index in [2.05, 4.69) is 16.9 Å². The molecule has 2 atom stereocenters. The van der Waals surface area contributed by atoms with Gasteiger partial charge in [-0.1, -0.05) is 51.9 Å². The standard InChI is InChI=1S/C29H40N4O3/c1-22(16-23-8-3-2-4-9-23)27(35)32-15-13-29(36,28(20-32)11-5-6-12-28)21-33-19-25(31-18-26(33)34)24-10-7-14-30-17-24/h7,10,14,17-19,22-23,36H,2-6,8-9,11-13,15-16,20-21H2,1H3/t22-,29?/m1/s1. The van der Waals surface area contributed by atoms with E-state index in [0.29, 0.717) is 31.1 Å². The fourth-order valence-electron chi connectivity index (χ4n) is 7.13. The molecule has 1 N–H and O–H groups in total. The van der Waals surface area contributed by atoms with Crippen LogP contribution in [0.25, 0.3) is 11.3 Å². The molecule has 0 aromatic carbocycles. The summed E-state index contributed by atoms with van der Waals surface area (Å²) in [7, 11) is 0. The van der Waals surface area contributed by atoms with Crippen LogP contribution in [0.3, 0.4) is 0 Å². The van der Waals surface area contributed by atoms with Crippen LogP contribution in [-0.4, -0.2) is 49.1 Å². The minimum Gasteiger partial charge on any atom is -0.387 e. The van der Waals surface area contributed by atoms with Crippen molar-refractivity contribution in [3.05, 3.63) is 47.3 Å². The summed E-state index contributed by atoms with van der Waals surface area (Å²) in [5, 5.41) is 12.1. The van der Waals surface area contributed by atoms with E-state index < -0.39 is 5.60 Å². The molecule has 7 nitrogen and oxygen atoms in total. The van der Waals surface area contributed by atoms with Crippen LogP contribution < -0.4 is 5.56 Å². The number of likely N-dealkylation sites (tertiary alicyclic amines) is 1. The van der Waals surface area contributed by atoms with Gasteiger partial charge in [0.05, 0.1) is 24.0 Å². The van der Waals surface area contributed by atoms with Crippen molar-refractivity contribution < 1.29 is 9.90 Å². The van der Waals surface area contributed by atoms with Gasteiger partial charge in [0.15, 0.2) is 0 Å². The Morgan fingerprint density at radius 3 is 2.64 bits per heavy atom. The maximum Gasteiger partial charge on any atom is 0.269 e. The summed E-state index contributed by atoms with van der Waals surface area (Å²) < 4.78 is 1.61. The highest BCUT2D eigenvalue weighted by molar-refractivity contribution is 5.78. The number of rotatable bonds is 6. The SMILES string of the molecule is C[C@H](CC1CCCCC1)C(=O)N1CCC(O)(Cn2cc(-c3cccnc3)ncc2=O)C2(CCCC2)C1. The Bertz CT molecular complexity index is 1110. The first-order valence-electron chi connectivity index (χ1n) is 13.9. The molecule has 3 fully saturated rings. The summed E-state index contributed by atoms with van der Waals surface area (Å²) in [6.07, 6.45) is 18.3. The van der Waals surface area contributed by atoms with E-state index in [0.717, 1.165) is 37.7 Å². The number of nitrogens with zero attached hydrogens (tertiary/aromatic N) is 4. The zero-order chi connectivity index (χ0) is 25.2. The second-order valence-electron chi connectivity index (χ2n) is 11.6. The number of pyridine rings is 1. The predicted molar refractivity (Wildman–Crippen MR) is 139 cm³/mol. The van der Waals surface area contributed by atoms with E-state index in [4.69, 9.17) is 0 Å². The van der Waals surface area contributed by atoms with E-state index in [1.807, 2.05) is 17.0 Å². The number of carbonyl (C=O) groups excluding carboxylic acids is 1. The quantitative estimate of drug-likeness (QED) is 0.644. The first-order valence-corrected chi connectivity index (χ1v) is 13.9. The summed E-state index contributed by atoms with van der Waals surface area (Å²) in [4.78, 5) is 36.8. The van der Waals surface area contributed by atoms with Crippen molar-refractivity contribution in [1.29, 1.82) is 0 Å². The van der Waals surface area contributed by atoms with Crippen molar-refractivity contribution >= 4 is 5.91 Å². The van der Waals surface area contributed by atoms with Gasteiger partial charge in [0.25, 0.3) is 5.56 Å². The maximum atomic E-state index is 13.5. The molecule has 194 valence electrons. The van der Waals surface area contributed by atoms with Gasteiger partial charge >= 0.3 is 0 Å².